The number of nitrogens with one attached hydrogen (secondary N) is 2. The van der Waals surface area contributed by atoms with Crippen molar-refractivity contribution < 1.29 is 9.59 Å². The molecule has 0 radical (unpaired) electrons. The summed E-state index contributed by atoms with van der Waals surface area (Å²) in [5, 5.41) is 3.56. The summed E-state index contributed by atoms with van der Waals surface area (Å²) < 4.78 is 0. The van der Waals surface area contributed by atoms with Gasteiger partial charge in [-0.25, -0.2) is 0 Å². The van der Waals surface area contributed by atoms with Crippen LogP contribution >= 0.6 is 0 Å². The predicted molar refractivity (Wildman–Crippen MR) is 69.0 cm³/mol. The quantitative estimate of drug-likeness (QED) is 0.757. The second-order valence-electron chi connectivity index (χ2n) is 4.69. The first-order chi connectivity index (χ1) is 8.42. The molecule has 2 aromatic rings. The number of aromatic nitrogens is 1. The average Bonchev–Trinajstić information content (AvgIpc) is 2.75. The molecule has 0 aliphatic carbocycles. The molecule has 2 amide bonds. The molecule has 2 rings (SSSR count). The largest absolute Gasteiger partial charge is 0.368 e. The van der Waals surface area contributed by atoms with E-state index < -0.39 is 11.4 Å². The van der Waals surface area contributed by atoms with Gasteiger partial charge < -0.3 is 16.0 Å². The Kier molecular flexibility index (Phi) is 2.82. The molecule has 0 aliphatic rings. The monoisotopic (exact) mass is 245 g/mol. The maximum absolute atomic E-state index is 12.1. The molecular weight excluding hydrogens is 230 g/mol. The number of hydrogen-bond acceptors (Lipinski definition) is 2. The molecule has 0 spiro atoms. The van der Waals surface area contributed by atoms with Gasteiger partial charge in [-0.1, -0.05) is 12.1 Å². The summed E-state index contributed by atoms with van der Waals surface area (Å²) in [4.78, 5) is 26.3. The van der Waals surface area contributed by atoms with E-state index in [9.17, 15) is 9.59 Å². The molecule has 0 unspecified atom stereocenters. The third kappa shape index (κ3) is 2.07. The van der Waals surface area contributed by atoms with Crippen LogP contribution in [0.4, 0.5) is 0 Å². The summed E-state index contributed by atoms with van der Waals surface area (Å²) in [7, 11) is 0. The highest BCUT2D eigenvalue weighted by atomic mass is 16.2. The van der Waals surface area contributed by atoms with E-state index in [1.54, 1.807) is 32.2 Å². The number of primary amides is 1. The summed E-state index contributed by atoms with van der Waals surface area (Å²) in [6, 6.07) is 7.28. The first kappa shape index (κ1) is 12.2. The Bertz CT molecular complexity index is 613. The van der Waals surface area contributed by atoms with Gasteiger partial charge in [-0.15, -0.1) is 0 Å². The highest BCUT2D eigenvalue weighted by Crippen LogP contribution is 2.17. The SMILES string of the molecule is CC(C)(NC(=O)c1cccc2cc[nH]c12)C(N)=O. The zero-order valence-corrected chi connectivity index (χ0v) is 10.3. The summed E-state index contributed by atoms with van der Waals surface area (Å²) in [5.74, 6) is -0.902. The van der Waals surface area contributed by atoms with Crippen LogP contribution < -0.4 is 11.1 Å². The number of benzene rings is 1. The third-order valence-electron chi connectivity index (χ3n) is 2.87. The predicted octanol–water partition coefficient (Wildman–Crippen LogP) is 1.16. The number of fused-ring (bicyclic) bond motifs is 1. The lowest BCUT2D eigenvalue weighted by Gasteiger charge is -2.22. The molecule has 0 saturated heterocycles. The van der Waals surface area contributed by atoms with E-state index in [1.165, 1.54) is 0 Å². The van der Waals surface area contributed by atoms with Crippen molar-refractivity contribution in [1.29, 1.82) is 0 Å². The minimum absolute atomic E-state index is 0.327. The Morgan fingerprint density at radius 2 is 2.00 bits per heavy atom. The van der Waals surface area contributed by atoms with Crippen LogP contribution in [0.3, 0.4) is 0 Å². The Labute approximate surface area is 104 Å². The number of carbonyl (C=O) groups excluding carboxylic acids is 2. The van der Waals surface area contributed by atoms with E-state index in [1.807, 2.05) is 12.1 Å². The maximum atomic E-state index is 12.1. The fraction of sp³-hybridized carbons (Fsp3) is 0.231. The third-order valence-corrected chi connectivity index (χ3v) is 2.87. The lowest BCUT2D eigenvalue weighted by atomic mass is 10.0. The Morgan fingerprint density at radius 1 is 1.28 bits per heavy atom. The summed E-state index contributed by atoms with van der Waals surface area (Å²) in [5.41, 5.74) is 5.39. The van der Waals surface area contributed by atoms with Crippen molar-refractivity contribution >= 4 is 22.7 Å². The van der Waals surface area contributed by atoms with Gasteiger partial charge in [-0.3, -0.25) is 9.59 Å². The van der Waals surface area contributed by atoms with Crippen molar-refractivity contribution in [2.75, 3.05) is 0 Å². The van der Waals surface area contributed by atoms with Crippen LogP contribution in [-0.4, -0.2) is 22.3 Å². The molecule has 5 heteroatoms. The Hall–Kier alpha value is -2.30. The van der Waals surface area contributed by atoms with Crippen LogP contribution in [0.15, 0.2) is 30.5 Å². The van der Waals surface area contributed by atoms with Crippen molar-refractivity contribution in [2.24, 2.45) is 5.73 Å². The van der Waals surface area contributed by atoms with Gasteiger partial charge in [0.05, 0.1) is 11.1 Å². The van der Waals surface area contributed by atoms with Crippen LogP contribution in [0.25, 0.3) is 10.9 Å². The Balaban J connectivity index is 2.35. The van der Waals surface area contributed by atoms with Crippen LogP contribution in [-0.2, 0) is 4.79 Å². The van der Waals surface area contributed by atoms with Crippen molar-refractivity contribution in [3.63, 3.8) is 0 Å². The first-order valence-corrected chi connectivity index (χ1v) is 5.60. The fourth-order valence-electron chi connectivity index (χ4n) is 1.69. The van der Waals surface area contributed by atoms with Gasteiger partial charge in [-0.05, 0) is 26.0 Å². The topological polar surface area (TPSA) is 88.0 Å². The van der Waals surface area contributed by atoms with E-state index in [4.69, 9.17) is 5.73 Å². The number of amides is 2. The van der Waals surface area contributed by atoms with E-state index in [-0.39, 0.29) is 5.91 Å². The molecule has 0 aliphatic heterocycles. The van der Waals surface area contributed by atoms with Crippen LogP contribution in [0, 0.1) is 0 Å². The molecule has 1 heterocycles. The highest BCUT2D eigenvalue weighted by molar-refractivity contribution is 6.07. The molecule has 94 valence electrons. The number of aromatic amines is 1. The number of rotatable bonds is 3. The number of nitrogens with two attached hydrogens (primary N) is 1. The van der Waals surface area contributed by atoms with E-state index >= 15 is 0 Å². The van der Waals surface area contributed by atoms with Gasteiger partial charge in [0.15, 0.2) is 0 Å². The lowest BCUT2D eigenvalue weighted by molar-refractivity contribution is -0.122. The van der Waals surface area contributed by atoms with Gasteiger partial charge >= 0.3 is 0 Å². The zero-order valence-electron chi connectivity index (χ0n) is 10.3. The van der Waals surface area contributed by atoms with E-state index in [0.29, 0.717) is 5.56 Å². The van der Waals surface area contributed by atoms with Gasteiger partial charge in [0.1, 0.15) is 5.54 Å². The average molecular weight is 245 g/mol. The van der Waals surface area contributed by atoms with Gasteiger partial charge in [0.2, 0.25) is 5.91 Å². The number of carbonyl (C=O) groups is 2. The number of hydrogen-bond donors (Lipinski definition) is 3. The Morgan fingerprint density at radius 3 is 2.67 bits per heavy atom. The van der Waals surface area contributed by atoms with Crippen molar-refractivity contribution in [1.82, 2.24) is 10.3 Å². The second-order valence-corrected chi connectivity index (χ2v) is 4.69. The van der Waals surface area contributed by atoms with E-state index in [0.717, 1.165) is 10.9 Å². The first-order valence-electron chi connectivity index (χ1n) is 5.60. The molecule has 0 saturated carbocycles. The summed E-state index contributed by atoms with van der Waals surface area (Å²) >= 11 is 0. The minimum atomic E-state index is -1.08. The summed E-state index contributed by atoms with van der Waals surface area (Å²) in [6.07, 6.45) is 1.76. The molecule has 1 aromatic carbocycles. The van der Waals surface area contributed by atoms with Crippen molar-refractivity contribution in [3.8, 4) is 0 Å². The minimum Gasteiger partial charge on any atom is -0.368 e. The molecule has 0 atom stereocenters. The molecule has 18 heavy (non-hydrogen) atoms. The van der Waals surface area contributed by atoms with Crippen LogP contribution in [0.1, 0.15) is 24.2 Å². The van der Waals surface area contributed by atoms with Crippen molar-refractivity contribution in [3.05, 3.63) is 36.0 Å². The summed E-state index contributed by atoms with van der Waals surface area (Å²) in [6.45, 7) is 3.14. The molecule has 0 fully saturated rings. The van der Waals surface area contributed by atoms with Gasteiger partial charge in [0.25, 0.3) is 5.91 Å². The van der Waals surface area contributed by atoms with Gasteiger partial charge in [0, 0.05) is 11.6 Å². The molecular formula is C13H15N3O2. The molecule has 5 nitrogen and oxygen atoms in total. The van der Waals surface area contributed by atoms with Gasteiger partial charge in [-0.2, -0.15) is 0 Å². The fourth-order valence-corrected chi connectivity index (χ4v) is 1.69. The standard InChI is InChI=1S/C13H15N3O2/c1-13(2,12(14)18)16-11(17)9-5-3-4-8-6-7-15-10(8)9/h3-7,15H,1-2H3,(H2,14,18)(H,16,17). The highest BCUT2D eigenvalue weighted by Gasteiger charge is 2.27. The number of H-pyrrole nitrogens is 1. The second kappa shape index (κ2) is 4.18. The normalized spacial score (nSPS) is 11.4. The van der Waals surface area contributed by atoms with E-state index in [2.05, 4.69) is 10.3 Å². The van der Waals surface area contributed by atoms with Crippen molar-refractivity contribution in [2.45, 2.75) is 19.4 Å². The zero-order chi connectivity index (χ0) is 13.3. The molecule has 4 N–H and O–H groups in total. The molecule has 0 bridgehead atoms. The number of para-hydroxylation sites is 1. The smallest absolute Gasteiger partial charge is 0.254 e. The molecule has 1 aromatic heterocycles. The van der Waals surface area contributed by atoms with Crippen LogP contribution in [0.5, 0.6) is 0 Å². The maximum Gasteiger partial charge on any atom is 0.254 e. The lowest BCUT2D eigenvalue weighted by Crippen LogP contribution is -2.53. The van der Waals surface area contributed by atoms with Crippen LogP contribution in [0.2, 0.25) is 0 Å².